The number of carbonyl (C=O) groups is 2. The van der Waals surface area contributed by atoms with E-state index in [-0.39, 0.29) is 17.5 Å². The number of amides is 2. The Morgan fingerprint density at radius 2 is 1.70 bits per heavy atom. The van der Waals surface area contributed by atoms with Crippen molar-refractivity contribution in [2.24, 2.45) is 17.8 Å². The van der Waals surface area contributed by atoms with E-state index in [0.717, 1.165) is 56.3 Å². The average molecular weight is 411 g/mol. The number of benzene rings is 1. The first kappa shape index (κ1) is 19.9. The fraction of sp³-hybridized carbons (Fsp3) is 0.680. The van der Waals surface area contributed by atoms with Crippen molar-refractivity contribution in [3.63, 3.8) is 0 Å². The Morgan fingerprint density at radius 1 is 1.03 bits per heavy atom. The molecule has 4 aliphatic carbocycles. The van der Waals surface area contributed by atoms with Crippen LogP contribution in [-0.2, 0) is 16.0 Å². The highest BCUT2D eigenvalue weighted by Crippen LogP contribution is 2.55. The number of nitrogens with one attached hydrogen (secondary N) is 1. The van der Waals surface area contributed by atoms with Gasteiger partial charge in [-0.3, -0.25) is 0 Å². The monoisotopic (exact) mass is 410 g/mol. The molecule has 1 aromatic rings. The molecule has 6 rings (SSSR count). The van der Waals surface area contributed by atoms with Gasteiger partial charge in [-0.05, 0) is 87.5 Å². The smallest absolute Gasteiger partial charge is 0.328 e. The number of aryl methyl sites for hydroxylation is 1. The number of hydrogen-bond acceptors (Lipinski definition) is 3. The molecule has 1 N–H and O–H groups in total. The van der Waals surface area contributed by atoms with E-state index < -0.39 is 6.04 Å². The van der Waals surface area contributed by atoms with Gasteiger partial charge < -0.3 is 15.0 Å². The molecule has 4 saturated carbocycles. The SMILES string of the molecule is O=C(OCCCc1ccccc1)[C@@H]1CCCN1C(=O)NC12CC3CC(CC(C3)C1)C2. The molecule has 1 aliphatic heterocycles. The average Bonchev–Trinajstić information content (AvgIpc) is 3.21. The summed E-state index contributed by atoms with van der Waals surface area (Å²) in [7, 11) is 0. The predicted molar refractivity (Wildman–Crippen MR) is 115 cm³/mol. The highest BCUT2D eigenvalue weighted by molar-refractivity contribution is 5.84. The van der Waals surface area contributed by atoms with Crippen molar-refractivity contribution < 1.29 is 14.3 Å². The highest BCUT2D eigenvalue weighted by Gasteiger charge is 2.52. The third-order valence-electron chi connectivity index (χ3n) is 7.89. The van der Waals surface area contributed by atoms with Gasteiger partial charge >= 0.3 is 12.0 Å². The van der Waals surface area contributed by atoms with Crippen LogP contribution in [-0.4, -0.2) is 41.6 Å². The standard InChI is InChI=1S/C25H34N2O3/c28-23(30-11-5-8-18-6-2-1-3-7-18)22-9-4-10-27(22)24(29)26-25-15-19-12-20(16-25)14-21(13-19)17-25/h1-3,6-7,19-22H,4-5,8-17H2,(H,26,29)/t19?,20?,21?,22-,25?/m0/s1. The summed E-state index contributed by atoms with van der Waals surface area (Å²) >= 11 is 0. The van der Waals surface area contributed by atoms with Crippen LogP contribution in [0, 0.1) is 17.8 Å². The second-order valence-corrected chi connectivity index (χ2v) is 10.2. The van der Waals surface area contributed by atoms with Crippen molar-refractivity contribution in [3.05, 3.63) is 35.9 Å². The minimum absolute atomic E-state index is 0.0153. The number of esters is 1. The summed E-state index contributed by atoms with van der Waals surface area (Å²) in [5, 5.41) is 3.42. The molecule has 0 unspecified atom stereocenters. The second kappa shape index (κ2) is 8.24. The number of likely N-dealkylation sites (tertiary alicyclic amines) is 1. The third kappa shape index (κ3) is 4.08. The molecule has 30 heavy (non-hydrogen) atoms. The molecule has 5 fully saturated rings. The van der Waals surface area contributed by atoms with E-state index in [9.17, 15) is 9.59 Å². The first-order valence-corrected chi connectivity index (χ1v) is 11.9. The molecule has 0 radical (unpaired) electrons. The molecule has 5 nitrogen and oxygen atoms in total. The van der Waals surface area contributed by atoms with Crippen LogP contribution in [0.2, 0.25) is 0 Å². The minimum atomic E-state index is -0.421. The summed E-state index contributed by atoms with van der Waals surface area (Å²) < 4.78 is 5.56. The number of hydrogen-bond donors (Lipinski definition) is 1. The maximum absolute atomic E-state index is 13.2. The van der Waals surface area contributed by atoms with Gasteiger partial charge in [0.2, 0.25) is 0 Å². The Hall–Kier alpha value is -2.04. The molecular weight excluding hydrogens is 376 g/mol. The summed E-state index contributed by atoms with van der Waals surface area (Å²) in [5.74, 6) is 2.14. The van der Waals surface area contributed by atoms with E-state index in [4.69, 9.17) is 4.74 Å². The highest BCUT2D eigenvalue weighted by atomic mass is 16.5. The maximum Gasteiger partial charge on any atom is 0.328 e. The van der Waals surface area contributed by atoms with Gasteiger partial charge in [-0.25, -0.2) is 9.59 Å². The number of rotatable bonds is 6. The number of ether oxygens (including phenoxy) is 1. The Labute approximate surface area is 179 Å². The third-order valence-corrected chi connectivity index (χ3v) is 7.89. The van der Waals surface area contributed by atoms with Crippen LogP contribution in [0.25, 0.3) is 0 Å². The first-order chi connectivity index (χ1) is 14.6. The van der Waals surface area contributed by atoms with Gasteiger partial charge in [0.15, 0.2) is 0 Å². The molecule has 1 saturated heterocycles. The quantitative estimate of drug-likeness (QED) is 0.562. The van der Waals surface area contributed by atoms with E-state index >= 15 is 0 Å². The van der Waals surface area contributed by atoms with Crippen molar-refractivity contribution in [1.82, 2.24) is 10.2 Å². The predicted octanol–water partition coefficient (Wildman–Crippen LogP) is 4.31. The van der Waals surface area contributed by atoms with E-state index in [1.54, 1.807) is 4.90 Å². The lowest BCUT2D eigenvalue weighted by Gasteiger charge is -2.57. The zero-order valence-electron chi connectivity index (χ0n) is 17.9. The number of urea groups is 1. The summed E-state index contributed by atoms with van der Waals surface area (Å²) in [6.07, 6.45) is 10.8. The van der Waals surface area contributed by atoms with Gasteiger partial charge in [-0.15, -0.1) is 0 Å². The zero-order chi connectivity index (χ0) is 20.6. The fourth-order valence-electron chi connectivity index (χ4n) is 7.01. The van der Waals surface area contributed by atoms with Gasteiger partial charge in [0.25, 0.3) is 0 Å². The van der Waals surface area contributed by atoms with Crippen LogP contribution in [0.1, 0.15) is 63.4 Å². The van der Waals surface area contributed by atoms with Gasteiger partial charge in [-0.1, -0.05) is 30.3 Å². The zero-order valence-corrected chi connectivity index (χ0v) is 17.9. The van der Waals surface area contributed by atoms with Crippen LogP contribution in [0.3, 0.4) is 0 Å². The van der Waals surface area contributed by atoms with E-state index in [0.29, 0.717) is 19.6 Å². The second-order valence-electron chi connectivity index (χ2n) is 10.2. The Kier molecular flexibility index (Phi) is 5.46. The number of nitrogens with zero attached hydrogens (tertiary/aromatic N) is 1. The van der Waals surface area contributed by atoms with Crippen molar-refractivity contribution in [2.45, 2.75) is 75.8 Å². The van der Waals surface area contributed by atoms with E-state index in [2.05, 4.69) is 17.4 Å². The van der Waals surface area contributed by atoms with E-state index in [1.165, 1.54) is 24.8 Å². The van der Waals surface area contributed by atoms with Crippen molar-refractivity contribution in [1.29, 1.82) is 0 Å². The molecule has 1 heterocycles. The Balaban J connectivity index is 1.13. The van der Waals surface area contributed by atoms with Gasteiger partial charge in [0.1, 0.15) is 6.04 Å². The molecule has 5 aliphatic rings. The van der Waals surface area contributed by atoms with Crippen LogP contribution in [0.5, 0.6) is 0 Å². The van der Waals surface area contributed by atoms with Crippen molar-refractivity contribution >= 4 is 12.0 Å². The van der Waals surface area contributed by atoms with E-state index in [1.807, 2.05) is 18.2 Å². The van der Waals surface area contributed by atoms with Gasteiger partial charge in [-0.2, -0.15) is 0 Å². The maximum atomic E-state index is 13.2. The molecule has 162 valence electrons. The summed E-state index contributed by atoms with van der Waals surface area (Å²) in [6.45, 7) is 1.07. The van der Waals surface area contributed by atoms with Crippen LogP contribution < -0.4 is 5.32 Å². The lowest BCUT2D eigenvalue weighted by atomic mass is 9.53. The normalized spacial score (nSPS) is 34.2. The summed E-state index contributed by atoms with van der Waals surface area (Å²) in [6, 6.07) is 9.79. The fourth-order valence-corrected chi connectivity index (χ4v) is 7.01. The molecule has 2 amide bonds. The van der Waals surface area contributed by atoms with Gasteiger partial charge in [0, 0.05) is 12.1 Å². The van der Waals surface area contributed by atoms with Crippen molar-refractivity contribution in [3.8, 4) is 0 Å². The molecule has 4 bridgehead atoms. The summed E-state index contributed by atoms with van der Waals surface area (Å²) in [4.78, 5) is 27.6. The van der Waals surface area contributed by atoms with Gasteiger partial charge in [0.05, 0.1) is 6.61 Å². The largest absolute Gasteiger partial charge is 0.464 e. The molecule has 0 spiro atoms. The first-order valence-electron chi connectivity index (χ1n) is 11.9. The lowest BCUT2D eigenvalue weighted by Crippen LogP contribution is -2.62. The van der Waals surface area contributed by atoms with Crippen molar-refractivity contribution in [2.75, 3.05) is 13.2 Å². The molecule has 1 aromatic carbocycles. The Morgan fingerprint density at radius 3 is 2.37 bits per heavy atom. The van der Waals surface area contributed by atoms with Crippen LogP contribution in [0.15, 0.2) is 30.3 Å². The minimum Gasteiger partial charge on any atom is -0.464 e. The molecule has 5 heteroatoms. The topological polar surface area (TPSA) is 58.6 Å². The molecule has 0 aromatic heterocycles. The number of carbonyl (C=O) groups excluding carboxylic acids is 2. The van der Waals surface area contributed by atoms with Crippen LogP contribution in [0.4, 0.5) is 4.79 Å². The van der Waals surface area contributed by atoms with Crippen LogP contribution >= 0.6 is 0 Å². The summed E-state index contributed by atoms with van der Waals surface area (Å²) in [5.41, 5.74) is 1.24. The molecular formula is C25H34N2O3. The lowest BCUT2D eigenvalue weighted by molar-refractivity contribution is -0.148. The Bertz CT molecular complexity index is 743. The molecule has 1 atom stereocenters.